The topological polar surface area (TPSA) is 140 Å². The molecule has 0 unspecified atom stereocenters. The summed E-state index contributed by atoms with van der Waals surface area (Å²) in [7, 11) is -5.97. The molecule has 2 aromatic heterocycles. The molecule has 2 aromatic rings. The molecule has 0 spiro atoms. The third kappa shape index (κ3) is 5.11. The molecule has 0 aromatic carbocycles. The van der Waals surface area contributed by atoms with Crippen molar-refractivity contribution in [2.45, 2.75) is 24.0 Å². The number of amides is 1. The molecule has 31 heavy (non-hydrogen) atoms. The number of nitrogens with one attached hydrogen (secondary N) is 1. The molecular weight excluding hydrogens is 466 g/mol. The Morgan fingerprint density at radius 3 is 2.74 bits per heavy atom. The molecule has 0 atom stereocenters. The molecule has 1 N–H and O–H groups in total. The summed E-state index contributed by atoms with van der Waals surface area (Å²) < 4.78 is 55.0. The second kappa shape index (κ2) is 9.02. The molecule has 13 heteroatoms. The highest BCUT2D eigenvalue weighted by molar-refractivity contribution is 7.90. The van der Waals surface area contributed by atoms with Crippen molar-refractivity contribution in [3.63, 3.8) is 0 Å². The number of carbonyl (C=O) groups is 2. The minimum atomic E-state index is -3.94. The third-order valence-corrected chi connectivity index (χ3v) is 9.22. The minimum Gasteiger partial charge on any atom is -0.462 e. The molecular formula is C18H21N3O7S3. The number of pyridine rings is 1. The number of sulfone groups is 1. The van der Waals surface area contributed by atoms with Gasteiger partial charge in [0.2, 0.25) is 15.9 Å². The number of esters is 1. The summed E-state index contributed by atoms with van der Waals surface area (Å²) in [4.78, 5) is 29.2. The molecule has 0 saturated heterocycles. The van der Waals surface area contributed by atoms with E-state index in [1.807, 2.05) is 0 Å². The van der Waals surface area contributed by atoms with E-state index in [-0.39, 0.29) is 40.0 Å². The van der Waals surface area contributed by atoms with Crippen molar-refractivity contribution in [1.29, 1.82) is 0 Å². The summed E-state index contributed by atoms with van der Waals surface area (Å²) in [5.74, 6) is -1.65. The standard InChI is InChI=1S/C18H21N3O7S3/c1-3-28-18(23)16-13-6-8-30(24,25)11-14(13)29-17(16)20-15(22)10-21(2)31(26,27)12-5-4-7-19-9-12/h4-5,7,9H,3,6,8,10-11H2,1-2H3,(H,20,22). The van der Waals surface area contributed by atoms with Crippen LogP contribution in [-0.4, -0.2) is 64.0 Å². The zero-order valence-corrected chi connectivity index (χ0v) is 19.3. The number of ether oxygens (including phenoxy) is 1. The zero-order valence-electron chi connectivity index (χ0n) is 16.8. The van der Waals surface area contributed by atoms with Gasteiger partial charge in [0.1, 0.15) is 9.90 Å². The van der Waals surface area contributed by atoms with Gasteiger partial charge in [-0.15, -0.1) is 11.3 Å². The highest BCUT2D eigenvalue weighted by Gasteiger charge is 2.32. The number of thiophene rings is 1. The Kier molecular flexibility index (Phi) is 6.79. The summed E-state index contributed by atoms with van der Waals surface area (Å²) in [6.07, 6.45) is 2.76. The second-order valence-corrected chi connectivity index (χ2v) is 12.1. The zero-order chi connectivity index (χ0) is 22.8. The molecule has 1 aliphatic heterocycles. The number of carbonyl (C=O) groups excluding carboxylic acids is 2. The van der Waals surface area contributed by atoms with Gasteiger partial charge >= 0.3 is 5.97 Å². The average Bonchev–Trinajstić information content (AvgIpc) is 3.04. The van der Waals surface area contributed by atoms with Crippen molar-refractivity contribution in [2.75, 3.05) is 31.3 Å². The van der Waals surface area contributed by atoms with Crippen LogP contribution in [0.5, 0.6) is 0 Å². The van der Waals surface area contributed by atoms with E-state index in [0.717, 1.165) is 15.6 Å². The van der Waals surface area contributed by atoms with Crippen molar-refractivity contribution in [1.82, 2.24) is 9.29 Å². The van der Waals surface area contributed by atoms with Crippen molar-refractivity contribution in [3.8, 4) is 0 Å². The first kappa shape index (κ1) is 23.3. The summed E-state index contributed by atoms with van der Waals surface area (Å²) in [6, 6.07) is 2.83. The van der Waals surface area contributed by atoms with Crippen LogP contribution in [-0.2, 0) is 41.6 Å². The second-order valence-electron chi connectivity index (χ2n) is 6.77. The Hall–Kier alpha value is -2.35. The van der Waals surface area contributed by atoms with Crippen molar-refractivity contribution < 1.29 is 31.2 Å². The van der Waals surface area contributed by atoms with Gasteiger partial charge in [-0.05, 0) is 31.0 Å². The van der Waals surface area contributed by atoms with Gasteiger partial charge in [-0.3, -0.25) is 9.78 Å². The number of fused-ring (bicyclic) bond motifs is 1. The molecule has 168 valence electrons. The lowest BCUT2D eigenvalue weighted by molar-refractivity contribution is -0.116. The number of nitrogens with zero attached hydrogens (tertiary/aromatic N) is 2. The van der Waals surface area contributed by atoms with E-state index in [0.29, 0.717) is 10.4 Å². The average molecular weight is 488 g/mol. The highest BCUT2D eigenvalue weighted by atomic mass is 32.2. The maximum atomic E-state index is 12.6. The molecule has 3 rings (SSSR count). The van der Waals surface area contributed by atoms with Crippen LogP contribution in [0.2, 0.25) is 0 Å². The molecule has 3 heterocycles. The normalized spacial score (nSPS) is 15.3. The first-order valence-corrected chi connectivity index (χ1v) is 13.3. The first-order valence-electron chi connectivity index (χ1n) is 9.23. The lowest BCUT2D eigenvalue weighted by atomic mass is 10.1. The van der Waals surface area contributed by atoms with Crippen molar-refractivity contribution >= 4 is 48.1 Å². The van der Waals surface area contributed by atoms with E-state index in [4.69, 9.17) is 4.74 Å². The van der Waals surface area contributed by atoms with Crippen LogP contribution in [0.15, 0.2) is 29.4 Å². The van der Waals surface area contributed by atoms with Crippen LogP contribution in [0.3, 0.4) is 0 Å². The van der Waals surface area contributed by atoms with E-state index in [2.05, 4.69) is 10.3 Å². The van der Waals surface area contributed by atoms with Crippen LogP contribution < -0.4 is 5.32 Å². The van der Waals surface area contributed by atoms with E-state index in [1.165, 1.54) is 31.6 Å². The molecule has 0 fully saturated rings. The van der Waals surface area contributed by atoms with E-state index >= 15 is 0 Å². The van der Waals surface area contributed by atoms with Crippen molar-refractivity contribution in [2.24, 2.45) is 0 Å². The predicted molar refractivity (Wildman–Crippen MR) is 114 cm³/mol. The summed E-state index contributed by atoms with van der Waals surface area (Å²) >= 11 is 0.988. The lowest BCUT2D eigenvalue weighted by Crippen LogP contribution is -2.35. The Labute approximate surface area is 184 Å². The van der Waals surface area contributed by atoms with Gasteiger partial charge in [0.05, 0.1) is 30.2 Å². The van der Waals surface area contributed by atoms with E-state index < -0.39 is 38.3 Å². The monoisotopic (exact) mass is 487 g/mol. The number of hydrogen-bond acceptors (Lipinski definition) is 9. The maximum absolute atomic E-state index is 12.6. The molecule has 0 radical (unpaired) electrons. The maximum Gasteiger partial charge on any atom is 0.341 e. The fraction of sp³-hybridized carbons (Fsp3) is 0.389. The van der Waals surface area contributed by atoms with Gasteiger partial charge in [-0.2, -0.15) is 4.31 Å². The lowest BCUT2D eigenvalue weighted by Gasteiger charge is -2.16. The summed E-state index contributed by atoms with van der Waals surface area (Å²) in [5, 5.41) is 2.70. The van der Waals surface area contributed by atoms with Crippen LogP contribution in [0.25, 0.3) is 0 Å². The highest BCUT2D eigenvalue weighted by Crippen LogP contribution is 2.38. The van der Waals surface area contributed by atoms with Gasteiger partial charge in [-0.1, -0.05) is 0 Å². The third-order valence-electron chi connectivity index (χ3n) is 4.55. The van der Waals surface area contributed by atoms with Crippen LogP contribution in [0.1, 0.15) is 27.7 Å². The Morgan fingerprint density at radius 1 is 1.35 bits per heavy atom. The molecule has 10 nitrogen and oxygen atoms in total. The van der Waals surface area contributed by atoms with Gasteiger partial charge < -0.3 is 10.1 Å². The fourth-order valence-electron chi connectivity index (χ4n) is 3.06. The largest absolute Gasteiger partial charge is 0.462 e. The number of rotatable bonds is 7. The quantitative estimate of drug-likeness (QED) is 0.572. The van der Waals surface area contributed by atoms with E-state index in [9.17, 15) is 26.4 Å². The van der Waals surface area contributed by atoms with Crippen LogP contribution >= 0.6 is 11.3 Å². The van der Waals surface area contributed by atoms with Gasteiger partial charge in [0.15, 0.2) is 9.84 Å². The SMILES string of the molecule is CCOC(=O)c1c(NC(=O)CN(C)S(=O)(=O)c2cccnc2)sc2c1CCS(=O)(=O)C2. The smallest absolute Gasteiger partial charge is 0.341 e. The predicted octanol–water partition coefficient (Wildman–Crippen LogP) is 1.05. The number of aromatic nitrogens is 1. The fourth-order valence-corrected chi connectivity index (χ4v) is 7.21. The summed E-state index contributed by atoms with van der Waals surface area (Å²) in [5.41, 5.74) is 0.674. The minimum absolute atomic E-state index is 0.0608. The van der Waals surface area contributed by atoms with Gasteiger partial charge in [-0.25, -0.2) is 21.6 Å². The van der Waals surface area contributed by atoms with Crippen LogP contribution in [0, 0.1) is 0 Å². The molecule has 1 aliphatic rings. The number of anilines is 1. The number of likely N-dealkylation sites (N-methyl/N-ethyl adjacent to an activating group) is 1. The van der Waals surface area contributed by atoms with Gasteiger partial charge in [0.25, 0.3) is 0 Å². The molecule has 1 amide bonds. The van der Waals surface area contributed by atoms with Gasteiger partial charge in [0, 0.05) is 24.3 Å². The first-order chi connectivity index (χ1) is 14.5. The Bertz CT molecular complexity index is 1210. The molecule has 0 saturated carbocycles. The molecule has 0 bridgehead atoms. The Balaban J connectivity index is 1.84. The molecule has 0 aliphatic carbocycles. The Morgan fingerprint density at radius 2 is 2.10 bits per heavy atom. The van der Waals surface area contributed by atoms with Crippen molar-refractivity contribution in [3.05, 3.63) is 40.5 Å². The van der Waals surface area contributed by atoms with E-state index in [1.54, 1.807) is 6.92 Å². The number of hydrogen-bond donors (Lipinski definition) is 1. The van der Waals surface area contributed by atoms with Crippen LogP contribution in [0.4, 0.5) is 5.00 Å². The summed E-state index contributed by atoms with van der Waals surface area (Å²) in [6.45, 7) is 1.24. The number of sulfonamides is 1.